The largest absolute Gasteiger partial charge is 0.460 e. The number of aromatic nitrogens is 2. The SMILES string of the molecule is CCCNc1nc(Nc2ccc(C#N)cc2)ncc1C#CC1CC(CC(=O)OC(C)(C)C)C1. The number of hydrogen-bond acceptors (Lipinski definition) is 7. The molecular weight excluding hydrogens is 414 g/mol. The lowest BCUT2D eigenvalue weighted by Crippen LogP contribution is -2.29. The second-order valence-electron chi connectivity index (χ2n) is 9.29. The van der Waals surface area contributed by atoms with Gasteiger partial charge in [0.25, 0.3) is 0 Å². The molecule has 3 rings (SSSR count). The Morgan fingerprint density at radius 2 is 1.97 bits per heavy atom. The molecule has 0 aliphatic heterocycles. The standard InChI is InChI=1S/C26H31N5O2/c1-5-12-28-24-21(9-6-19-13-20(14-19)15-23(32)33-26(2,3)4)17-29-25(31-24)30-22-10-7-18(16-27)8-11-22/h7-8,10-11,17,19-20H,5,12-15H2,1-4H3,(H2,28,29,30,31). The van der Waals surface area contributed by atoms with Gasteiger partial charge in [0, 0.05) is 24.6 Å². The van der Waals surface area contributed by atoms with Crippen molar-refractivity contribution in [3.8, 4) is 17.9 Å². The van der Waals surface area contributed by atoms with Crippen molar-refractivity contribution in [3.05, 3.63) is 41.6 Å². The highest BCUT2D eigenvalue weighted by molar-refractivity contribution is 5.70. The zero-order valence-electron chi connectivity index (χ0n) is 19.7. The van der Waals surface area contributed by atoms with Gasteiger partial charge in [-0.25, -0.2) is 4.98 Å². The first kappa shape index (κ1) is 24.1. The number of rotatable bonds is 7. The summed E-state index contributed by atoms with van der Waals surface area (Å²) >= 11 is 0. The molecule has 1 aromatic heterocycles. The molecule has 0 unspecified atom stereocenters. The molecule has 1 heterocycles. The van der Waals surface area contributed by atoms with Gasteiger partial charge in [-0.3, -0.25) is 4.79 Å². The first-order valence-electron chi connectivity index (χ1n) is 11.4. The predicted molar refractivity (Wildman–Crippen MR) is 129 cm³/mol. The molecule has 0 spiro atoms. The van der Waals surface area contributed by atoms with Gasteiger partial charge in [0.2, 0.25) is 5.95 Å². The molecule has 0 saturated heterocycles. The maximum atomic E-state index is 12.0. The number of ether oxygens (including phenoxy) is 1. The summed E-state index contributed by atoms with van der Waals surface area (Å²) in [6.45, 7) is 8.53. The van der Waals surface area contributed by atoms with E-state index in [4.69, 9.17) is 10.00 Å². The van der Waals surface area contributed by atoms with E-state index < -0.39 is 5.60 Å². The normalized spacial score (nSPS) is 17.1. The fourth-order valence-electron chi connectivity index (χ4n) is 3.49. The number of carbonyl (C=O) groups is 1. The van der Waals surface area contributed by atoms with Crippen molar-refractivity contribution in [3.63, 3.8) is 0 Å². The molecule has 2 N–H and O–H groups in total. The molecule has 1 aromatic carbocycles. The number of nitrogens with zero attached hydrogens (tertiary/aromatic N) is 3. The summed E-state index contributed by atoms with van der Waals surface area (Å²) in [6.07, 6.45) is 4.95. The minimum absolute atomic E-state index is 0.135. The third-order valence-corrected chi connectivity index (χ3v) is 5.12. The molecule has 33 heavy (non-hydrogen) atoms. The van der Waals surface area contributed by atoms with Crippen LogP contribution >= 0.6 is 0 Å². The number of anilines is 3. The van der Waals surface area contributed by atoms with Gasteiger partial charge in [0.1, 0.15) is 11.4 Å². The molecule has 0 amide bonds. The Balaban J connectivity index is 1.62. The third-order valence-electron chi connectivity index (χ3n) is 5.12. The maximum absolute atomic E-state index is 12.0. The van der Waals surface area contributed by atoms with Gasteiger partial charge < -0.3 is 15.4 Å². The van der Waals surface area contributed by atoms with Crippen LogP contribution in [0.4, 0.5) is 17.5 Å². The molecule has 172 valence electrons. The van der Waals surface area contributed by atoms with E-state index in [1.807, 2.05) is 32.9 Å². The minimum Gasteiger partial charge on any atom is -0.460 e. The number of nitrogens with one attached hydrogen (secondary N) is 2. The number of hydrogen-bond donors (Lipinski definition) is 2. The van der Waals surface area contributed by atoms with E-state index in [0.717, 1.165) is 37.1 Å². The lowest BCUT2D eigenvalue weighted by Gasteiger charge is -2.32. The van der Waals surface area contributed by atoms with E-state index in [9.17, 15) is 4.79 Å². The fourth-order valence-corrected chi connectivity index (χ4v) is 3.49. The van der Waals surface area contributed by atoms with Gasteiger partial charge >= 0.3 is 5.97 Å². The highest BCUT2D eigenvalue weighted by Gasteiger charge is 2.31. The number of carbonyl (C=O) groups excluding carboxylic acids is 1. The second-order valence-corrected chi connectivity index (χ2v) is 9.29. The van der Waals surface area contributed by atoms with E-state index in [1.54, 1.807) is 18.3 Å². The quantitative estimate of drug-likeness (QED) is 0.456. The van der Waals surface area contributed by atoms with E-state index in [1.165, 1.54) is 0 Å². The van der Waals surface area contributed by atoms with Crippen LogP contribution in [0.15, 0.2) is 30.5 Å². The summed E-state index contributed by atoms with van der Waals surface area (Å²) in [5.41, 5.74) is 1.72. The van der Waals surface area contributed by atoms with E-state index >= 15 is 0 Å². The molecule has 0 bridgehead atoms. The second kappa shape index (κ2) is 10.8. The van der Waals surface area contributed by atoms with Crippen molar-refractivity contribution in [2.45, 2.75) is 59.0 Å². The summed E-state index contributed by atoms with van der Waals surface area (Å²) in [6, 6.07) is 9.23. The van der Waals surface area contributed by atoms with Gasteiger partial charge in [0.15, 0.2) is 0 Å². The maximum Gasteiger partial charge on any atom is 0.306 e. The van der Waals surface area contributed by atoms with Gasteiger partial charge in [-0.1, -0.05) is 18.8 Å². The molecule has 7 heteroatoms. The van der Waals surface area contributed by atoms with Gasteiger partial charge in [0.05, 0.1) is 23.4 Å². The van der Waals surface area contributed by atoms with Gasteiger partial charge in [-0.15, -0.1) is 0 Å². The predicted octanol–water partition coefficient (Wildman–Crippen LogP) is 5.02. The molecule has 2 aromatic rings. The van der Waals surface area contributed by atoms with Crippen LogP contribution in [0.2, 0.25) is 0 Å². The summed E-state index contributed by atoms with van der Waals surface area (Å²) in [4.78, 5) is 21.0. The minimum atomic E-state index is -0.441. The highest BCUT2D eigenvalue weighted by Crippen LogP contribution is 2.36. The zero-order valence-corrected chi connectivity index (χ0v) is 19.7. The summed E-state index contributed by atoms with van der Waals surface area (Å²) in [5.74, 6) is 8.17. The van der Waals surface area contributed by atoms with E-state index in [2.05, 4.69) is 45.4 Å². The molecule has 7 nitrogen and oxygen atoms in total. The van der Waals surface area contributed by atoms with Crippen LogP contribution in [0.3, 0.4) is 0 Å². The Morgan fingerprint density at radius 3 is 2.61 bits per heavy atom. The average Bonchev–Trinajstić information content (AvgIpc) is 2.74. The fraction of sp³-hybridized carbons (Fsp3) is 0.462. The summed E-state index contributed by atoms with van der Waals surface area (Å²) in [7, 11) is 0. The Hall–Kier alpha value is -3.58. The first-order valence-corrected chi connectivity index (χ1v) is 11.4. The first-order chi connectivity index (χ1) is 15.8. The van der Waals surface area contributed by atoms with E-state index in [0.29, 0.717) is 29.7 Å². The summed E-state index contributed by atoms with van der Waals surface area (Å²) in [5, 5.41) is 15.4. The van der Waals surface area contributed by atoms with Crippen LogP contribution in [0.1, 0.15) is 64.5 Å². The van der Waals surface area contributed by atoms with E-state index in [-0.39, 0.29) is 11.9 Å². The van der Waals surface area contributed by atoms with Crippen molar-refractivity contribution in [2.24, 2.45) is 11.8 Å². The lowest BCUT2D eigenvalue weighted by atomic mass is 9.73. The molecule has 1 fully saturated rings. The Morgan fingerprint density at radius 1 is 1.24 bits per heavy atom. The van der Waals surface area contributed by atoms with Crippen LogP contribution in [0.5, 0.6) is 0 Å². The van der Waals surface area contributed by atoms with Crippen LogP contribution in [0, 0.1) is 35.0 Å². The number of esters is 1. The van der Waals surface area contributed by atoms with Crippen LogP contribution in [0.25, 0.3) is 0 Å². The zero-order chi connectivity index (χ0) is 23.8. The Kier molecular flexibility index (Phi) is 7.90. The average molecular weight is 446 g/mol. The third kappa shape index (κ3) is 7.50. The van der Waals surface area contributed by atoms with Crippen molar-refractivity contribution in [1.82, 2.24) is 9.97 Å². The Labute approximate surface area is 196 Å². The van der Waals surface area contributed by atoms with Crippen molar-refractivity contribution >= 4 is 23.4 Å². The Bertz CT molecular complexity index is 1070. The van der Waals surface area contributed by atoms with Crippen molar-refractivity contribution < 1.29 is 9.53 Å². The number of nitriles is 1. The van der Waals surface area contributed by atoms with Crippen LogP contribution in [-0.4, -0.2) is 28.1 Å². The lowest BCUT2D eigenvalue weighted by molar-refractivity contribution is -0.156. The van der Waals surface area contributed by atoms with Crippen molar-refractivity contribution in [1.29, 1.82) is 5.26 Å². The van der Waals surface area contributed by atoms with Gasteiger partial charge in [-0.2, -0.15) is 10.2 Å². The number of benzene rings is 1. The topological polar surface area (TPSA) is 99.9 Å². The molecule has 1 aliphatic carbocycles. The highest BCUT2D eigenvalue weighted by atomic mass is 16.6. The smallest absolute Gasteiger partial charge is 0.306 e. The van der Waals surface area contributed by atoms with Crippen molar-refractivity contribution in [2.75, 3.05) is 17.2 Å². The molecule has 1 aliphatic rings. The monoisotopic (exact) mass is 445 g/mol. The summed E-state index contributed by atoms with van der Waals surface area (Å²) < 4.78 is 5.41. The van der Waals surface area contributed by atoms with Crippen LogP contribution in [-0.2, 0) is 9.53 Å². The van der Waals surface area contributed by atoms with Gasteiger partial charge in [-0.05, 0) is 70.2 Å². The molecule has 1 saturated carbocycles. The van der Waals surface area contributed by atoms with Crippen LogP contribution < -0.4 is 10.6 Å². The molecular formula is C26H31N5O2. The molecule has 0 radical (unpaired) electrons. The molecule has 0 atom stereocenters.